The molecule has 0 amide bonds. The molecule has 0 spiro atoms. The molecule has 2 nitrogen and oxygen atoms in total. The highest BCUT2D eigenvalue weighted by Gasteiger charge is 2.02. The fourth-order valence-electron chi connectivity index (χ4n) is 0.866. The van der Waals surface area contributed by atoms with Crippen molar-refractivity contribution in [2.75, 3.05) is 5.33 Å². The van der Waals surface area contributed by atoms with Crippen LogP contribution in [0.4, 0.5) is 0 Å². The Kier molecular flexibility index (Phi) is 8.41. The predicted molar refractivity (Wildman–Crippen MR) is 74.6 cm³/mol. The van der Waals surface area contributed by atoms with Crippen molar-refractivity contribution < 1.29 is 8.42 Å². The van der Waals surface area contributed by atoms with E-state index in [9.17, 15) is 0 Å². The Hall–Kier alpha value is 0.810. The summed E-state index contributed by atoms with van der Waals surface area (Å²) in [6.45, 7) is 0. The number of benzene rings is 1. The molecule has 0 fully saturated rings. The Balaban J connectivity index is 0.000000385. The van der Waals surface area contributed by atoms with Crippen molar-refractivity contribution in [2.24, 2.45) is 0 Å². The van der Waals surface area contributed by atoms with Crippen LogP contribution in [0.15, 0.2) is 18.2 Å². The normalized spacial score (nSPS) is 10.6. The lowest BCUT2D eigenvalue weighted by Crippen LogP contribution is -1.88. The maximum Gasteiger partial charge on any atom is 0.317 e. The van der Waals surface area contributed by atoms with Gasteiger partial charge in [0.15, 0.2) is 0 Å². The van der Waals surface area contributed by atoms with E-state index in [1.54, 1.807) is 0 Å². The molecule has 92 valence electrons. The molecule has 0 atom stereocenters. The van der Waals surface area contributed by atoms with Gasteiger partial charge in [-0.05, 0) is 24.1 Å². The summed E-state index contributed by atoms with van der Waals surface area (Å²) >= 11 is 15.1. The van der Waals surface area contributed by atoms with E-state index in [1.807, 2.05) is 18.2 Å². The molecule has 0 saturated carbocycles. The molecule has 0 heterocycles. The van der Waals surface area contributed by atoms with E-state index >= 15 is 0 Å². The van der Waals surface area contributed by atoms with Crippen molar-refractivity contribution in [1.29, 1.82) is 0 Å². The van der Waals surface area contributed by atoms with Gasteiger partial charge < -0.3 is 0 Å². The molecular weight excluding hydrogens is 382 g/mol. The van der Waals surface area contributed by atoms with Crippen molar-refractivity contribution in [3.05, 3.63) is 33.8 Å². The SMILES string of the molecule is Clc1cccc(Cl)c1CCBr.O=S(=O)(Cl)Cl. The largest absolute Gasteiger partial charge is 0.317 e. The Morgan fingerprint density at radius 1 is 1.12 bits per heavy atom. The third-order valence-electron chi connectivity index (χ3n) is 1.41. The fraction of sp³-hybridized carbons (Fsp3) is 0.250. The van der Waals surface area contributed by atoms with Crippen molar-refractivity contribution in [3.63, 3.8) is 0 Å². The number of rotatable bonds is 2. The lowest BCUT2D eigenvalue weighted by Gasteiger charge is -2.02. The van der Waals surface area contributed by atoms with Gasteiger partial charge in [-0.2, -0.15) is 8.42 Å². The van der Waals surface area contributed by atoms with Crippen LogP contribution in [-0.4, -0.2) is 13.7 Å². The Labute approximate surface area is 122 Å². The molecule has 16 heavy (non-hydrogen) atoms. The average molecular weight is 389 g/mol. The maximum atomic E-state index is 9.16. The van der Waals surface area contributed by atoms with E-state index in [0.29, 0.717) is 0 Å². The number of hydrogen-bond acceptors (Lipinski definition) is 2. The van der Waals surface area contributed by atoms with Gasteiger partial charge in [0, 0.05) is 36.7 Å². The third kappa shape index (κ3) is 8.90. The van der Waals surface area contributed by atoms with Gasteiger partial charge in [0.25, 0.3) is 0 Å². The van der Waals surface area contributed by atoms with Gasteiger partial charge in [-0.3, -0.25) is 0 Å². The minimum atomic E-state index is -3.72. The van der Waals surface area contributed by atoms with Crippen LogP contribution in [-0.2, 0) is 14.7 Å². The summed E-state index contributed by atoms with van der Waals surface area (Å²) in [4.78, 5) is 0. The van der Waals surface area contributed by atoms with Crippen LogP contribution in [0.25, 0.3) is 0 Å². The second-order valence-corrected chi connectivity index (χ2v) is 7.79. The predicted octanol–water partition coefficient (Wildman–Crippen LogP) is 4.64. The minimum absolute atomic E-state index is 0.747. The zero-order chi connectivity index (χ0) is 12.8. The molecule has 0 unspecified atom stereocenters. The van der Waals surface area contributed by atoms with Crippen molar-refractivity contribution in [2.45, 2.75) is 6.42 Å². The van der Waals surface area contributed by atoms with Gasteiger partial charge in [0.05, 0.1) is 0 Å². The first-order valence-electron chi connectivity index (χ1n) is 3.88. The van der Waals surface area contributed by atoms with Crippen molar-refractivity contribution in [1.82, 2.24) is 0 Å². The average Bonchev–Trinajstić information content (AvgIpc) is 2.09. The van der Waals surface area contributed by atoms with E-state index < -0.39 is 8.26 Å². The summed E-state index contributed by atoms with van der Waals surface area (Å²) < 4.78 is 18.3. The summed E-state index contributed by atoms with van der Waals surface area (Å²) in [5.74, 6) is 0. The Morgan fingerprint density at radius 3 is 1.81 bits per heavy atom. The number of halogens is 5. The fourth-order valence-corrected chi connectivity index (χ4v) is 1.85. The molecular formula is C8H7BrCl4O2S. The van der Waals surface area contributed by atoms with Gasteiger partial charge in [-0.25, -0.2) is 0 Å². The first-order chi connectivity index (χ1) is 7.25. The lowest BCUT2D eigenvalue weighted by molar-refractivity contribution is 0.621. The Morgan fingerprint density at radius 2 is 1.50 bits per heavy atom. The summed E-state index contributed by atoms with van der Waals surface area (Å²) in [6.07, 6.45) is 0.874. The van der Waals surface area contributed by atoms with Crippen LogP contribution in [0.3, 0.4) is 0 Å². The van der Waals surface area contributed by atoms with Gasteiger partial charge in [0.2, 0.25) is 0 Å². The minimum Gasteiger partial charge on any atom is -0.195 e. The summed E-state index contributed by atoms with van der Waals surface area (Å²) in [5, 5.41) is 2.38. The monoisotopic (exact) mass is 386 g/mol. The van der Waals surface area contributed by atoms with E-state index in [4.69, 9.17) is 31.6 Å². The van der Waals surface area contributed by atoms with Gasteiger partial charge >= 0.3 is 8.26 Å². The Bertz CT molecular complexity index is 407. The number of hydrogen-bond donors (Lipinski definition) is 0. The van der Waals surface area contributed by atoms with Gasteiger partial charge in [-0.15, -0.1) is 0 Å². The third-order valence-corrected chi connectivity index (χ3v) is 2.51. The van der Waals surface area contributed by atoms with Crippen LogP contribution >= 0.6 is 60.5 Å². The highest BCUT2D eigenvalue weighted by Crippen LogP contribution is 2.24. The highest BCUT2D eigenvalue weighted by molar-refractivity contribution is 9.09. The smallest absolute Gasteiger partial charge is 0.195 e. The molecule has 1 aromatic carbocycles. The molecule has 0 radical (unpaired) electrons. The van der Waals surface area contributed by atoms with Crippen LogP contribution in [0.2, 0.25) is 10.0 Å². The number of alkyl halides is 1. The lowest BCUT2D eigenvalue weighted by atomic mass is 10.2. The molecule has 1 rings (SSSR count). The summed E-state index contributed by atoms with van der Waals surface area (Å²) in [7, 11) is 4.81. The molecule has 0 aliphatic carbocycles. The molecule has 0 aromatic heterocycles. The van der Waals surface area contributed by atoms with Gasteiger partial charge in [-0.1, -0.05) is 45.2 Å². The topological polar surface area (TPSA) is 34.1 Å². The van der Waals surface area contributed by atoms with E-state index in [-0.39, 0.29) is 0 Å². The van der Waals surface area contributed by atoms with Crippen molar-refractivity contribution in [3.8, 4) is 0 Å². The van der Waals surface area contributed by atoms with Crippen LogP contribution < -0.4 is 0 Å². The molecule has 0 aliphatic rings. The van der Waals surface area contributed by atoms with Crippen molar-refractivity contribution >= 4 is 68.8 Å². The second-order valence-electron chi connectivity index (χ2n) is 2.52. The quantitative estimate of drug-likeness (QED) is 0.546. The molecule has 0 aliphatic heterocycles. The summed E-state index contributed by atoms with van der Waals surface area (Å²) in [6, 6.07) is 5.55. The molecule has 0 N–H and O–H groups in total. The zero-order valence-corrected chi connectivity index (χ0v) is 13.2. The van der Waals surface area contributed by atoms with Crippen LogP contribution in [0.1, 0.15) is 5.56 Å². The first kappa shape index (κ1) is 16.8. The molecule has 0 saturated heterocycles. The maximum absolute atomic E-state index is 9.16. The van der Waals surface area contributed by atoms with E-state index in [1.165, 1.54) is 0 Å². The summed E-state index contributed by atoms with van der Waals surface area (Å²) in [5.41, 5.74) is 1.02. The molecule has 0 bridgehead atoms. The molecule has 8 heteroatoms. The van der Waals surface area contributed by atoms with E-state index in [2.05, 4.69) is 37.3 Å². The zero-order valence-electron chi connectivity index (χ0n) is 7.76. The van der Waals surface area contributed by atoms with Crippen LogP contribution in [0.5, 0.6) is 0 Å². The van der Waals surface area contributed by atoms with Gasteiger partial charge in [0.1, 0.15) is 0 Å². The second kappa shape index (κ2) is 8.01. The standard InChI is InChI=1S/C8H7BrCl2.Cl2O2S/c9-5-4-6-7(10)2-1-3-8(6)11;1-5(2,3)4/h1-3H,4-5H2;. The molecule has 1 aromatic rings. The first-order valence-corrected chi connectivity index (χ1v) is 8.90. The highest BCUT2D eigenvalue weighted by atomic mass is 79.9. The van der Waals surface area contributed by atoms with Crippen LogP contribution in [0, 0.1) is 0 Å². The van der Waals surface area contributed by atoms with E-state index in [0.717, 1.165) is 27.4 Å².